The minimum Gasteiger partial charge on any atom is -0.330 e. The molecule has 0 spiro atoms. The maximum Gasteiger partial charge on any atom is 0.00290 e. The highest BCUT2D eigenvalue weighted by molar-refractivity contribution is 5.12. The van der Waals surface area contributed by atoms with Crippen LogP contribution in [0.15, 0.2) is 12.2 Å². The van der Waals surface area contributed by atoms with Crippen molar-refractivity contribution < 1.29 is 0 Å². The van der Waals surface area contributed by atoms with Gasteiger partial charge in [0.1, 0.15) is 0 Å². The van der Waals surface area contributed by atoms with E-state index in [2.05, 4.69) is 13.5 Å². The lowest BCUT2D eigenvalue weighted by molar-refractivity contribution is 0.197. The van der Waals surface area contributed by atoms with Gasteiger partial charge in [0.15, 0.2) is 0 Å². The first-order valence-electron chi connectivity index (χ1n) is 3.57. The maximum atomic E-state index is 5.61. The Morgan fingerprint density at radius 1 is 1.67 bits per heavy atom. The fourth-order valence-corrected chi connectivity index (χ4v) is 1.41. The van der Waals surface area contributed by atoms with Crippen LogP contribution in [-0.4, -0.2) is 6.54 Å². The number of rotatable bonds is 2. The molecule has 0 radical (unpaired) electrons. The zero-order valence-electron chi connectivity index (χ0n) is 6.11. The molecule has 0 aliphatic heterocycles. The van der Waals surface area contributed by atoms with E-state index in [-0.39, 0.29) is 0 Å². The molecule has 0 unspecified atom stereocenters. The Kier molecular flexibility index (Phi) is 1.62. The summed E-state index contributed by atoms with van der Waals surface area (Å²) in [6.45, 7) is 6.82. The molecule has 52 valence electrons. The summed E-state index contributed by atoms with van der Waals surface area (Å²) in [7, 11) is 0. The largest absolute Gasteiger partial charge is 0.330 e. The second-order valence-corrected chi connectivity index (χ2v) is 3.12. The van der Waals surface area contributed by atoms with Gasteiger partial charge in [0.2, 0.25) is 0 Å². The Bertz CT molecular complexity index is 117. The van der Waals surface area contributed by atoms with Crippen LogP contribution in [0.25, 0.3) is 0 Å². The first-order chi connectivity index (χ1) is 4.21. The van der Waals surface area contributed by atoms with Gasteiger partial charge in [0, 0.05) is 12.0 Å². The molecule has 0 heterocycles. The summed E-state index contributed by atoms with van der Waals surface area (Å²) in [4.78, 5) is 0. The molecule has 1 nitrogen and oxygen atoms in total. The van der Waals surface area contributed by atoms with Gasteiger partial charge in [-0.2, -0.15) is 0 Å². The van der Waals surface area contributed by atoms with E-state index in [4.69, 9.17) is 5.73 Å². The number of hydrogen-bond donors (Lipinski definition) is 1. The average Bonchev–Trinajstić information content (AvgIpc) is 1.62. The molecule has 2 N–H and O–H groups in total. The predicted molar refractivity (Wildman–Crippen MR) is 40.2 cm³/mol. The van der Waals surface area contributed by atoms with Crippen LogP contribution >= 0.6 is 0 Å². The highest BCUT2D eigenvalue weighted by atomic mass is 14.6. The van der Waals surface area contributed by atoms with Gasteiger partial charge in [-0.05, 0) is 19.8 Å². The highest BCUT2D eigenvalue weighted by Gasteiger charge is 2.35. The topological polar surface area (TPSA) is 26.0 Å². The molecule has 1 saturated carbocycles. The monoisotopic (exact) mass is 125 g/mol. The van der Waals surface area contributed by atoms with E-state index in [1.807, 2.05) is 0 Å². The fraction of sp³-hybridized carbons (Fsp3) is 0.750. The second-order valence-electron chi connectivity index (χ2n) is 3.12. The van der Waals surface area contributed by atoms with Crippen LogP contribution in [0.4, 0.5) is 0 Å². The lowest BCUT2D eigenvalue weighted by atomic mass is 9.65. The van der Waals surface area contributed by atoms with Gasteiger partial charge in [-0.3, -0.25) is 0 Å². The third-order valence-corrected chi connectivity index (χ3v) is 2.61. The summed E-state index contributed by atoms with van der Waals surface area (Å²) in [6.07, 6.45) is 3.86. The zero-order chi connectivity index (χ0) is 6.91. The smallest absolute Gasteiger partial charge is 0.00290 e. The Morgan fingerprint density at radius 3 is 2.22 bits per heavy atom. The average molecular weight is 125 g/mol. The van der Waals surface area contributed by atoms with E-state index >= 15 is 0 Å². The van der Waals surface area contributed by atoms with Crippen molar-refractivity contribution in [3.8, 4) is 0 Å². The summed E-state index contributed by atoms with van der Waals surface area (Å²) in [5.74, 6) is 0. The second kappa shape index (κ2) is 2.14. The Morgan fingerprint density at radius 2 is 2.22 bits per heavy atom. The van der Waals surface area contributed by atoms with E-state index in [1.54, 1.807) is 0 Å². The van der Waals surface area contributed by atoms with Gasteiger partial charge in [-0.15, -0.1) is 0 Å². The number of nitrogens with two attached hydrogens (primary N) is 1. The molecule has 0 aromatic carbocycles. The van der Waals surface area contributed by atoms with Crippen LogP contribution in [0.5, 0.6) is 0 Å². The molecule has 1 aliphatic carbocycles. The van der Waals surface area contributed by atoms with Gasteiger partial charge >= 0.3 is 0 Å². The van der Waals surface area contributed by atoms with Crippen molar-refractivity contribution in [3.05, 3.63) is 12.2 Å². The predicted octanol–water partition coefficient (Wildman–Crippen LogP) is 1.69. The third kappa shape index (κ3) is 0.897. The fourth-order valence-electron chi connectivity index (χ4n) is 1.41. The molecular formula is C8H15N. The van der Waals surface area contributed by atoms with Crippen LogP contribution in [0, 0.1) is 5.41 Å². The molecule has 0 aromatic rings. The Labute approximate surface area is 56.9 Å². The van der Waals surface area contributed by atoms with Crippen molar-refractivity contribution >= 4 is 0 Å². The summed E-state index contributed by atoms with van der Waals surface area (Å²) in [6, 6.07) is 0. The van der Waals surface area contributed by atoms with Gasteiger partial charge in [-0.25, -0.2) is 0 Å². The molecule has 1 heteroatoms. The van der Waals surface area contributed by atoms with Gasteiger partial charge in [-0.1, -0.05) is 18.6 Å². The van der Waals surface area contributed by atoms with Crippen LogP contribution in [0.1, 0.15) is 26.2 Å². The van der Waals surface area contributed by atoms with Gasteiger partial charge in [0.25, 0.3) is 0 Å². The molecule has 9 heavy (non-hydrogen) atoms. The molecule has 0 amide bonds. The normalized spacial score (nSPS) is 22.9. The number of hydrogen-bond acceptors (Lipinski definition) is 1. The Balaban J connectivity index is 2.57. The minimum absolute atomic E-state index is 0.347. The Hall–Kier alpha value is -0.300. The first-order valence-corrected chi connectivity index (χ1v) is 3.57. The van der Waals surface area contributed by atoms with Gasteiger partial charge < -0.3 is 5.73 Å². The molecule has 0 saturated heterocycles. The first kappa shape index (κ1) is 6.81. The van der Waals surface area contributed by atoms with E-state index in [0.717, 1.165) is 6.54 Å². The summed E-state index contributed by atoms with van der Waals surface area (Å²) < 4.78 is 0. The lowest BCUT2D eigenvalue weighted by Crippen LogP contribution is -2.37. The van der Waals surface area contributed by atoms with Crippen LogP contribution in [0.3, 0.4) is 0 Å². The van der Waals surface area contributed by atoms with E-state index in [0.29, 0.717) is 5.41 Å². The van der Waals surface area contributed by atoms with Crippen LogP contribution < -0.4 is 5.73 Å². The molecular weight excluding hydrogens is 110 g/mol. The quantitative estimate of drug-likeness (QED) is 0.558. The summed E-state index contributed by atoms with van der Waals surface area (Å²) >= 11 is 0. The molecule has 1 fully saturated rings. The third-order valence-electron chi connectivity index (χ3n) is 2.61. The van der Waals surface area contributed by atoms with E-state index in [9.17, 15) is 0 Å². The van der Waals surface area contributed by atoms with Crippen molar-refractivity contribution in [2.45, 2.75) is 26.2 Å². The molecule has 0 aromatic heterocycles. The molecule has 1 aliphatic rings. The molecule has 0 atom stereocenters. The van der Waals surface area contributed by atoms with Gasteiger partial charge in [0.05, 0.1) is 0 Å². The maximum absolute atomic E-state index is 5.61. The minimum atomic E-state index is 0.347. The lowest BCUT2D eigenvalue weighted by Gasteiger charge is -2.41. The van der Waals surface area contributed by atoms with Crippen molar-refractivity contribution in [1.82, 2.24) is 0 Å². The van der Waals surface area contributed by atoms with Crippen molar-refractivity contribution in [2.75, 3.05) is 6.54 Å². The molecule has 1 rings (SSSR count). The highest BCUT2D eigenvalue weighted by Crippen LogP contribution is 2.44. The standard InChI is InChI=1S/C8H15N/c1-7(2)8(6-9)4-3-5-8/h1,3-6,9H2,2H3. The molecule has 0 bridgehead atoms. The van der Waals surface area contributed by atoms with Crippen molar-refractivity contribution in [3.63, 3.8) is 0 Å². The van der Waals surface area contributed by atoms with Crippen LogP contribution in [-0.2, 0) is 0 Å². The van der Waals surface area contributed by atoms with E-state index in [1.165, 1.54) is 24.8 Å². The SMILES string of the molecule is C=C(C)C1(CN)CCC1. The summed E-state index contributed by atoms with van der Waals surface area (Å²) in [5.41, 5.74) is 7.23. The van der Waals surface area contributed by atoms with E-state index < -0.39 is 0 Å². The summed E-state index contributed by atoms with van der Waals surface area (Å²) in [5, 5.41) is 0. The van der Waals surface area contributed by atoms with Crippen molar-refractivity contribution in [2.24, 2.45) is 11.1 Å². The zero-order valence-corrected chi connectivity index (χ0v) is 6.11. The van der Waals surface area contributed by atoms with Crippen LogP contribution in [0.2, 0.25) is 0 Å². The van der Waals surface area contributed by atoms with Crippen molar-refractivity contribution in [1.29, 1.82) is 0 Å².